The number of hydrogen-bond donors (Lipinski definition) is 1. The van der Waals surface area contributed by atoms with Crippen LogP contribution < -0.4 is 10.5 Å². The maximum atomic E-state index is 6.34. The van der Waals surface area contributed by atoms with Crippen molar-refractivity contribution in [2.24, 2.45) is 5.73 Å². The molecule has 2 nitrogen and oxygen atoms in total. The maximum absolute atomic E-state index is 6.34. The second-order valence-electron chi connectivity index (χ2n) is 5.81. The first kappa shape index (κ1) is 15.3. The van der Waals surface area contributed by atoms with Crippen molar-refractivity contribution in [2.45, 2.75) is 52.5 Å². The Morgan fingerprint density at radius 2 is 1.94 bits per heavy atom. The van der Waals surface area contributed by atoms with Gasteiger partial charge in [0, 0.05) is 6.04 Å². The second-order valence-corrected chi connectivity index (χ2v) is 6.22. The van der Waals surface area contributed by atoms with E-state index in [9.17, 15) is 0 Å². The highest BCUT2D eigenvalue weighted by Crippen LogP contribution is 2.35. The topological polar surface area (TPSA) is 35.2 Å². The van der Waals surface area contributed by atoms with Gasteiger partial charge in [0.15, 0.2) is 0 Å². The van der Waals surface area contributed by atoms with Crippen LogP contribution in [0.3, 0.4) is 0 Å². The molecule has 1 unspecified atom stereocenters. The smallest absolute Gasteiger partial charge is 0.141 e. The largest absolute Gasteiger partial charge is 0.492 e. The Hall–Kier alpha value is -0.730. The molecule has 1 aromatic rings. The highest BCUT2D eigenvalue weighted by molar-refractivity contribution is 6.32. The molecule has 0 aliphatic heterocycles. The van der Waals surface area contributed by atoms with Crippen LogP contribution in [-0.4, -0.2) is 12.6 Å². The molecule has 1 atom stereocenters. The van der Waals surface area contributed by atoms with E-state index in [1.54, 1.807) is 0 Å². The fraction of sp³-hybridized carbons (Fsp3) is 0.600. The van der Waals surface area contributed by atoms with Crippen LogP contribution >= 0.6 is 11.6 Å². The fourth-order valence-electron chi connectivity index (χ4n) is 1.89. The zero-order valence-corrected chi connectivity index (χ0v) is 12.8. The van der Waals surface area contributed by atoms with Crippen molar-refractivity contribution in [3.8, 4) is 5.75 Å². The van der Waals surface area contributed by atoms with E-state index >= 15 is 0 Å². The SMILES string of the molecule is CCOc1c(Cl)cc(C(C)(C)C)cc1CC(C)N. The summed E-state index contributed by atoms with van der Waals surface area (Å²) in [5.41, 5.74) is 8.29. The van der Waals surface area contributed by atoms with Crippen molar-refractivity contribution in [1.29, 1.82) is 0 Å². The lowest BCUT2D eigenvalue weighted by Gasteiger charge is -2.23. The summed E-state index contributed by atoms with van der Waals surface area (Å²) in [6.45, 7) is 11.1. The molecule has 2 N–H and O–H groups in total. The minimum absolute atomic E-state index is 0.0704. The Morgan fingerprint density at radius 3 is 2.39 bits per heavy atom. The summed E-state index contributed by atoms with van der Waals surface area (Å²) < 4.78 is 5.65. The first-order chi connectivity index (χ1) is 8.25. The second kappa shape index (κ2) is 5.94. The van der Waals surface area contributed by atoms with E-state index in [1.165, 1.54) is 5.56 Å². The first-order valence-electron chi connectivity index (χ1n) is 6.47. The molecule has 1 aromatic carbocycles. The molecule has 0 heterocycles. The molecule has 0 amide bonds. The van der Waals surface area contributed by atoms with Gasteiger partial charge >= 0.3 is 0 Å². The van der Waals surface area contributed by atoms with Crippen molar-refractivity contribution in [2.75, 3.05) is 6.61 Å². The Bertz CT molecular complexity index is 408. The molecule has 0 aliphatic rings. The van der Waals surface area contributed by atoms with Gasteiger partial charge in [0.25, 0.3) is 0 Å². The van der Waals surface area contributed by atoms with Crippen LogP contribution in [0, 0.1) is 0 Å². The molecule has 18 heavy (non-hydrogen) atoms. The van der Waals surface area contributed by atoms with Crippen LogP contribution in [0.15, 0.2) is 12.1 Å². The van der Waals surface area contributed by atoms with Gasteiger partial charge < -0.3 is 10.5 Å². The van der Waals surface area contributed by atoms with E-state index in [-0.39, 0.29) is 11.5 Å². The standard InChI is InChI=1S/C15H24ClNO/c1-6-18-14-11(7-10(2)17)8-12(9-13(14)16)15(3,4)5/h8-10H,6-7,17H2,1-5H3. The third kappa shape index (κ3) is 3.89. The summed E-state index contributed by atoms with van der Waals surface area (Å²) in [5, 5.41) is 0.680. The summed E-state index contributed by atoms with van der Waals surface area (Å²) in [4.78, 5) is 0. The van der Waals surface area contributed by atoms with Gasteiger partial charge in [-0.25, -0.2) is 0 Å². The number of halogens is 1. The Labute approximate surface area is 115 Å². The van der Waals surface area contributed by atoms with Gasteiger partial charge in [-0.3, -0.25) is 0 Å². The van der Waals surface area contributed by atoms with Crippen LogP contribution in [0.25, 0.3) is 0 Å². The molecule has 0 saturated carbocycles. The molecule has 1 rings (SSSR count). The van der Waals surface area contributed by atoms with Gasteiger partial charge in [0.05, 0.1) is 11.6 Å². The summed E-state index contributed by atoms with van der Waals surface area (Å²) >= 11 is 6.34. The van der Waals surface area contributed by atoms with E-state index in [4.69, 9.17) is 22.1 Å². The predicted molar refractivity (Wildman–Crippen MR) is 78.7 cm³/mol. The lowest BCUT2D eigenvalue weighted by atomic mass is 9.85. The minimum Gasteiger partial charge on any atom is -0.492 e. The first-order valence-corrected chi connectivity index (χ1v) is 6.84. The summed E-state index contributed by atoms with van der Waals surface area (Å²) in [6.07, 6.45) is 0.777. The number of rotatable bonds is 4. The highest BCUT2D eigenvalue weighted by Gasteiger charge is 2.19. The number of ether oxygens (including phenoxy) is 1. The van der Waals surface area contributed by atoms with Crippen LogP contribution in [0.2, 0.25) is 5.02 Å². The summed E-state index contributed by atoms with van der Waals surface area (Å²) in [5.74, 6) is 0.782. The van der Waals surface area contributed by atoms with E-state index in [0.29, 0.717) is 11.6 Å². The lowest BCUT2D eigenvalue weighted by Crippen LogP contribution is -2.19. The zero-order chi connectivity index (χ0) is 13.9. The van der Waals surface area contributed by atoms with Gasteiger partial charge in [-0.1, -0.05) is 38.4 Å². The predicted octanol–water partition coefficient (Wildman–Crippen LogP) is 3.93. The zero-order valence-electron chi connectivity index (χ0n) is 12.0. The van der Waals surface area contributed by atoms with Gasteiger partial charge in [-0.05, 0) is 42.9 Å². The monoisotopic (exact) mass is 269 g/mol. The van der Waals surface area contributed by atoms with Gasteiger partial charge in [-0.2, -0.15) is 0 Å². The molecule has 0 fully saturated rings. The Morgan fingerprint density at radius 1 is 1.33 bits per heavy atom. The van der Waals surface area contributed by atoms with Gasteiger partial charge in [-0.15, -0.1) is 0 Å². The number of hydrogen-bond acceptors (Lipinski definition) is 2. The third-order valence-corrected chi connectivity index (χ3v) is 3.10. The molecule has 0 spiro atoms. The molecule has 0 bridgehead atoms. The van der Waals surface area contributed by atoms with Crippen molar-refractivity contribution in [3.05, 3.63) is 28.3 Å². The van der Waals surface area contributed by atoms with E-state index in [0.717, 1.165) is 17.7 Å². The highest BCUT2D eigenvalue weighted by atomic mass is 35.5. The van der Waals surface area contributed by atoms with E-state index in [2.05, 4.69) is 26.8 Å². The van der Waals surface area contributed by atoms with Crippen LogP contribution in [0.5, 0.6) is 5.75 Å². The summed E-state index contributed by atoms with van der Waals surface area (Å²) in [7, 11) is 0. The summed E-state index contributed by atoms with van der Waals surface area (Å²) in [6, 6.07) is 4.26. The average molecular weight is 270 g/mol. The average Bonchev–Trinajstić information content (AvgIpc) is 2.20. The molecule has 3 heteroatoms. The quantitative estimate of drug-likeness (QED) is 0.899. The third-order valence-electron chi connectivity index (χ3n) is 2.82. The van der Waals surface area contributed by atoms with Gasteiger partial charge in [0.1, 0.15) is 5.75 Å². The molecule has 0 saturated heterocycles. The normalized spacial score (nSPS) is 13.5. The van der Waals surface area contributed by atoms with E-state index < -0.39 is 0 Å². The number of nitrogens with two attached hydrogens (primary N) is 1. The van der Waals surface area contributed by atoms with Crippen LogP contribution in [0.4, 0.5) is 0 Å². The lowest BCUT2D eigenvalue weighted by molar-refractivity contribution is 0.335. The van der Waals surface area contributed by atoms with E-state index in [1.807, 2.05) is 19.9 Å². The van der Waals surface area contributed by atoms with Crippen molar-refractivity contribution in [1.82, 2.24) is 0 Å². The van der Waals surface area contributed by atoms with Gasteiger partial charge in [0.2, 0.25) is 0 Å². The molecule has 0 radical (unpaired) electrons. The van der Waals surface area contributed by atoms with Crippen LogP contribution in [0.1, 0.15) is 45.7 Å². The Kier molecular flexibility index (Phi) is 5.06. The maximum Gasteiger partial charge on any atom is 0.141 e. The van der Waals surface area contributed by atoms with Crippen molar-refractivity contribution in [3.63, 3.8) is 0 Å². The minimum atomic E-state index is 0.0704. The van der Waals surface area contributed by atoms with Crippen molar-refractivity contribution < 1.29 is 4.74 Å². The molecular formula is C15H24ClNO. The van der Waals surface area contributed by atoms with Crippen LogP contribution in [-0.2, 0) is 11.8 Å². The molecule has 102 valence electrons. The van der Waals surface area contributed by atoms with Crippen molar-refractivity contribution >= 4 is 11.6 Å². The molecule has 0 aliphatic carbocycles. The fourth-order valence-corrected chi connectivity index (χ4v) is 2.18. The molecular weight excluding hydrogens is 246 g/mol. The molecule has 0 aromatic heterocycles. The Balaban J connectivity index is 3.27. The number of benzene rings is 1.